The SMILES string of the molecule is CC(C)c1cc(C#N)sc1-c1ccc2c(c1)C(C)(C)OC(=O)N2. The van der Waals surface area contributed by atoms with Gasteiger partial charge in [0.25, 0.3) is 0 Å². The molecule has 3 rings (SSSR count). The fourth-order valence-corrected chi connectivity index (χ4v) is 3.94. The van der Waals surface area contributed by atoms with E-state index < -0.39 is 11.7 Å². The Labute approximate surface area is 139 Å². The molecule has 2 heterocycles. The number of nitrogens with zero attached hydrogens (tertiary/aromatic N) is 1. The number of cyclic esters (lactones) is 1. The highest BCUT2D eigenvalue weighted by Gasteiger charge is 2.33. The minimum Gasteiger partial charge on any atom is -0.438 e. The van der Waals surface area contributed by atoms with E-state index in [1.54, 1.807) is 0 Å². The summed E-state index contributed by atoms with van der Waals surface area (Å²) in [6.07, 6.45) is -0.430. The standard InChI is InChI=1S/C18H18N2O2S/c1-10(2)13-8-12(9-19)23-16(13)11-5-6-15-14(7-11)18(3,4)22-17(21)20-15/h5-8,10H,1-4H3,(H,20,21). The molecular formula is C18H18N2O2S. The summed E-state index contributed by atoms with van der Waals surface area (Å²) in [6.45, 7) is 8.01. The Balaban J connectivity index is 2.15. The van der Waals surface area contributed by atoms with E-state index in [4.69, 9.17) is 4.74 Å². The Bertz CT molecular complexity index is 828. The quantitative estimate of drug-likeness (QED) is 0.824. The van der Waals surface area contributed by atoms with Gasteiger partial charge in [-0.05, 0) is 49.1 Å². The Morgan fingerprint density at radius 1 is 1.30 bits per heavy atom. The number of hydrogen-bond acceptors (Lipinski definition) is 4. The van der Waals surface area contributed by atoms with Gasteiger partial charge < -0.3 is 4.74 Å². The van der Waals surface area contributed by atoms with Crippen molar-refractivity contribution < 1.29 is 9.53 Å². The van der Waals surface area contributed by atoms with Crippen LogP contribution in [-0.4, -0.2) is 6.09 Å². The summed E-state index contributed by atoms with van der Waals surface area (Å²) < 4.78 is 5.40. The van der Waals surface area contributed by atoms with Crippen LogP contribution in [0, 0.1) is 11.3 Å². The number of benzene rings is 1. The largest absolute Gasteiger partial charge is 0.438 e. The van der Waals surface area contributed by atoms with Crippen LogP contribution >= 0.6 is 11.3 Å². The van der Waals surface area contributed by atoms with Crippen LogP contribution in [0.5, 0.6) is 0 Å². The van der Waals surface area contributed by atoms with E-state index in [1.165, 1.54) is 16.9 Å². The molecule has 1 aliphatic rings. The summed E-state index contributed by atoms with van der Waals surface area (Å²) in [7, 11) is 0. The minimum atomic E-state index is -0.680. The zero-order chi connectivity index (χ0) is 16.8. The third-order valence-corrected chi connectivity index (χ3v) is 5.11. The predicted molar refractivity (Wildman–Crippen MR) is 91.7 cm³/mol. The maximum Gasteiger partial charge on any atom is 0.412 e. The summed E-state index contributed by atoms with van der Waals surface area (Å²) >= 11 is 1.50. The van der Waals surface area contributed by atoms with Gasteiger partial charge in [0.2, 0.25) is 0 Å². The fraction of sp³-hybridized carbons (Fsp3) is 0.333. The molecule has 1 amide bonds. The van der Waals surface area contributed by atoms with E-state index in [0.717, 1.165) is 21.7 Å². The number of nitriles is 1. The zero-order valence-corrected chi connectivity index (χ0v) is 14.4. The normalized spacial score (nSPS) is 15.6. The lowest BCUT2D eigenvalue weighted by atomic mass is 9.91. The molecular weight excluding hydrogens is 308 g/mol. The molecule has 1 aromatic carbocycles. The van der Waals surface area contributed by atoms with E-state index in [9.17, 15) is 10.1 Å². The van der Waals surface area contributed by atoms with Gasteiger partial charge in [0.1, 0.15) is 16.5 Å². The van der Waals surface area contributed by atoms with Crippen molar-refractivity contribution in [2.24, 2.45) is 0 Å². The molecule has 1 aliphatic heterocycles. The minimum absolute atomic E-state index is 0.336. The molecule has 0 saturated carbocycles. The molecule has 23 heavy (non-hydrogen) atoms. The number of carbonyl (C=O) groups is 1. The summed E-state index contributed by atoms with van der Waals surface area (Å²) in [6, 6.07) is 10.1. The Hall–Kier alpha value is -2.32. The number of carbonyl (C=O) groups excluding carboxylic acids is 1. The summed E-state index contributed by atoms with van der Waals surface area (Å²) in [5.41, 5.74) is 3.26. The molecule has 118 valence electrons. The van der Waals surface area contributed by atoms with E-state index in [1.807, 2.05) is 38.1 Å². The number of nitrogens with one attached hydrogen (secondary N) is 1. The Morgan fingerprint density at radius 2 is 2.04 bits per heavy atom. The van der Waals surface area contributed by atoms with Crippen molar-refractivity contribution in [2.45, 2.75) is 39.2 Å². The van der Waals surface area contributed by atoms with E-state index in [0.29, 0.717) is 10.8 Å². The average molecular weight is 326 g/mol. The molecule has 0 unspecified atom stereocenters. The second-order valence-electron chi connectivity index (χ2n) is 6.45. The van der Waals surface area contributed by atoms with Crippen LogP contribution in [0.2, 0.25) is 0 Å². The van der Waals surface area contributed by atoms with Gasteiger partial charge in [0, 0.05) is 10.4 Å². The average Bonchev–Trinajstić information content (AvgIpc) is 2.90. The first-order valence-corrected chi connectivity index (χ1v) is 8.32. The maximum absolute atomic E-state index is 11.6. The monoisotopic (exact) mass is 326 g/mol. The number of hydrogen-bond donors (Lipinski definition) is 1. The molecule has 4 nitrogen and oxygen atoms in total. The molecule has 0 radical (unpaired) electrons. The lowest BCUT2D eigenvalue weighted by Crippen LogP contribution is -2.34. The highest BCUT2D eigenvalue weighted by Crippen LogP contribution is 2.42. The number of rotatable bonds is 2. The second kappa shape index (κ2) is 5.39. The van der Waals surface area contributed by atoms with Crippen molar-refractivity contribution in [1.82, 2.24) is 0 Å². The molecule has 5 heteroatoms. The molecule has 0 bridgehead atoms. The van der Waals surface area contributed by atoms with Gasteiger partial charge in [-0.2, -0.15) is 5.26 Å². The van der Waals surface area contributed by atoms with Gasteiger partial charge in [-0.1, -0.05) is 19.9 Å². The van der Waals surface area contributed by atoms with E-state index in [2.05, 4.69) is 25.2 Å². The second-order valence-corrected chi connectivity index (χ2v) is 7.50. The molecule has 1 N–H and O–H groups in total. The summed E-state index contributed by atoms with van der Waals surface area (Å²) in [5.74, 6) is 0.336. The van der Waals surface area contributed by atoms with Gasteiger partial charge in [0.05, 0.1) is 5.69 Å². The highest BCUT2D eigenvalue weighted by atomic mass is 32.1. The zero-order valence-electron chi connectivity index (χ0n) is 13.6. The smallest absolute Gasteiger partial charge is 0.412 e. The summed E-state index contributed by atoms with van der Waals surface area (Å²) in [4.78, 5) is 13.4. The third kappa shape index (κ3) is 2.71. The van der Waals surface area contributed by atoms with Crippen LogP contribution in [0.15, 0.2) is 24.3 Å². The summed E-state index contributed by atoms with van der Waals surface area (Å²) in [5, 5.41) is 11.9. The fourth-order valence-electron chi connectivity index (χ4n) is 2.83. The van der Waals surface area contributed by atoms with Gasteiger partial charge >= 0.3 is 6.09 Å². The van der Waals surface area contributed by atoms with Gasteiger partial charge in [-0.15, -0.1) is 11.3 Å². The van der Waals surface area contributed by atoms with Crippen LogP contribution < -0.4 is 5.32 Å². The van der Waals surface area contributed by atoms with Crippen LogP contribution in [0.25, 0.3) is 10.4 Å². The number of fused-ring (bicyclic) bond motifs is 1. The Kier molecular flexibility index (Phi) is 3.65. The third-order valence-electron chi connectivity index (χ3n) is 4.01. The molecule has 0 aliphatic carbocycles. The van der Waals surface area contributed by atoms with Crippen molar-refractivity contribution >= 4 is 23.1 Å². The van der Waals surface area contributed by atoms with Crippen molar-refractivity contribution in [3.63, 3.8) is 0 Å². The van der Waals surface area contributed by atoms with Crippen molar-refractivity contribution in [1.29, 1.82) is 5.26 Å². The molecule has 0 saturated heterocycles. The van der Waals surface area contributed by atoms with Crippen LogP contribution in [0.3, 0.4) is 0 Å². The van der Waals surface area contributed by atoms with Crippen molar-refractivity contribution in [2.75, 3.05) is 5.32 Å². The van der Waals surface area contributed by atoms with E-state index in [-0.39, 0.29) is 0 Å². The first-order valence-electron chi connectivity index (χ1n) is 7.50. The van der Waals surface area contributed by atoms with Gasteiger partial charge in [0.15, 0.2) is 0 Å². The molecule has 2 aromatic rings. The van der Waals surface area contributed by atoms with Crippen molar-refractivity contribution in [3.05, 3.63) is 40.3 Å². The topological polar surface area (TPSA) is 62.1 Å². The van der Waals surface area contributed by atoms with Crippen molar-refractivity contribution in [3.8, 4) is 16.5 Å². The molecule has 0 fully saturated rings. The Morgan fingerprint density at radius 3 is 2.70 bits per heavy atom. The van der Waals surface area contributed by atoms with Gasteiger partial charge in [-0.25, -0.2) is 4.79 Å². The molecule has 1 aromatic heterocycles. The van der Waals surface area contributed by atoms with Crippen LogP contribution in [-0.2, 0) is 10.3 Å². The predicted octanol–water partition coefficient (Wildman–Crippen LogP) is 5.21. The first-order chi connectivity index (χ1) is 10.8. The number of amides is 1. The maximum atomic E-state index is 11.6. The lowest BCUT2D eigenvalue weighted by Gasteiger charge is -2.32. The number of ether oxygens (including phenoxy) is 1. The lowest BCUT2D eigenvalue weighted by molar-refractivity contribution is 0.0421. The first kappa shape index (κ1) is 15.6. The van der Waals surface area contributed by atoms with E-state index >= 15 is 0 Å². The number of anilines is 1. The van der Waals surface area contributed by atoms with Crippen LogP contribution in [0.4, 0.5) is 10.5 Å². The van der Waals surface area contributed by atoms with Gasteiger partial charge in [-0.3, -0.25) is 5.32 Å². The molecule has 0 atom stereocenters. The van der Waals surface area contributed by atoms with Crippen LogP contribution in [0.1, 0.15) is 49.6 Å². The highest BCUT2D eigenvalue weighted by molar-refractivity contribution is 7.16. The number of thiophene rings is 1. The molecule has 0 spiro atoms.